The standard InChI is InChI=1S/C25H26N2O6/c1-25(2,3)33-24(30)27-14-13-17(15-27)22-26-20(23(28)29)21(32-22)16-9-11-19(12-10-16)31-18-7-5-4-6-8-18/h4-12,17H,13-15H2,1-3H3,(H,28,29). The average molecular weight is 450 g/mol. The molecule has 33 heavy (non-hydrogen) atoms. The smallest absolute Gasteiger partial charge is 0.410 e. The summed E-state index contributed by atoms with van der Waals surface area (Å²) < 4.78 is 17.1. The lowest BCUT2D eigenvalue weighted by Crippen LogP contribution is -2.35. The van der Waals surface area contributed by atoms with E-state index in [0.717, 1.165) is 0 Å². The Morgan fingerprint density at radius 1 is 1.06 bits per heavy atom. The molecule has 172 valence electrons. The van der Waals surface area contributed by atoms with Crippen LogP contribution in [-0.4, -0.2) is 45.7 Å². The molecular formula is C25H26N2O6. The molecule has 0 radical (unpaired) electrons. The van der Waals surface area contributed by atoms with E-state index in [2.05, 4.69) is 4.98 Å². The lowest BCUT2D eigenvalue weighted by Gasteiger charge is -2.24. The molecule has 0 saturated carbocycles. The molecule has 1 aliphatic rings. The summed E-state index contributed by atoms with van der Waals surface area (Å²) in [7, 11) is 0. The molecule has 1 amide bonds. The van der Waals surface area contributed by atoms with Crippen molar-refractivity contribution in [3.8, 4) is 22.8 Å². The number of hydrogen-bond acceptors (Lipinski definition) is 6. The molecule has 2 aromatic carbocycles. The van der Waals surface area contributed by atoms with Crippen molar-refractivity contribution in [2.24, 2.45) is 0 Å². The third kappa shape index (κ3) is 5.34. The molecule has 0 spiro atoms. The summed E-state index contributed by atoms with van der Waals surface area (Å²) in [4.78, 5) is 30.0. The van der Waals surface area contributed by atoms with Crippen LogP contribution >= 0.6 is 0 Å². The number of hydrogen-bond donors (Lipinski definition) is 1. The molecule has 0 aliphatic carbocycles. The predicted octanol–water partition coefficient (Wildman–Crippen LogP) is 5.56. The zero-order chi connectivity index (χ0) is 23.6. The quantitative estimate of drug-likeness (QED) is 0.543. The lowest BCUT2D eigenvalue weighted by molar-refractivity contribution is 0.0291. The summed E-state index contributed by atoms with van der Waals surface area (Å²) in [5, 5.41) is 9.67. The fourth-order valence-corrected chi connectivity index (χ4v) is 3.61. The topological polar surface area (TPSA) is 102 Å². The maximum Gasteiger partial charge on any atom is 0.410 e. The van der Waals surface area contributed by atoms with Crippen LogP contribution in [0.3, 0.4) is 0 Å². The van der Waals surface area contributed by atoms with Crippen LogP contribution in [-0.2, 0) is 4.74 Å². The van der Waals surface area contributed by atoms with Crippen molar-refractivity contribution in [3.05, 3.63) is 66.2 Å². The number of carboxylic acid groups (broad SMARTS) is 1. The van der Waals surface area contributed by atoms with Crippen LogP contribution < -0.4 is 4.74 Å². The van der Waals surface area contributed by atoms with Crippen LogP contribution in [0.5, 0.6) is 11.5 Å². The van der Waals surface area contributed by atoms with Gasteiger partial charge in [-0.25, -0.2) is 14.6 Å². The number of carbonyl (C=O) groups is 2. The van der Waals surface area contributed by atoms with Crippen molar-refractivity contribution >= 4 is 12.1 Å². The molecule has 1 saturated heterocycles. The van der Waals surface area contributed by atoms with E-state index in [4.69, 9.17) is 13.9 Å². The molecule has 3 aromatic rings. The Bertz CT molecular complexity index is 1130. The summed E-state index contributed by atoms with van der Waals surface area (Å²) in [5.74, 6) is 0.425. The fourth-order valence-electron chi connectivity index (χ4n) is 3.61. The van der Waals surface area contributed by atoms with Gasteiger partial charge in [0.25, 0.3) is 0 Å². The number of aromatic nitrogens is 1. The molecule has 1 unspecified atom stereocenters. The molecule has 1 aromatic heterocycles. The van der Waals surface area contributed by atoms with Crippen LogP contribution in [0.1, 0.15) is 49.5 Å². The maximum absolute atomic E-state index is 12.3. The van der Waals surface area contributed by atoms with Gasteiger partial charge in [-0.2, -0.15) is 0 Å². The zero-order valence-electron chi connectivity index (χ0n) is 18.8. The largest absolute Gasteiger partial charge is 0.476 e. The van der Waals surface area contributed by atoms with Crippen molar-refractivity contribution in [2.45, 2.75) is 38.7 Å². The zero-order valence-corrected chi connectivity index (χ0v) is 18.8. The van der Waals surface area contributed by atoms with E-state index >= 15 is 0 Å². The number of ether oxygens (including phenoxy) is 2. The van der Waals surface area contributed by atoms with Gasteiger partial charge in [0.2, 0.25) is 5.89 Å². The van der Waals surface area contributed by atoms with Gasteiger partial charge in [-0.3, -0.25) is 0 Å². The highest BCUT2D eigenvalue weighted by molar-refractivity contribution is 5.92. The highest BCUT2D eigenvalue weighted by Gasteiger charge is 2.34. The number of carbonyl (C=O) groups excluding carboxylic acids is 1. The third-order valence-corrected chi connectivity index (χ3v) is 5.13. The highest BCUT2D eigenvalue weighted by Crippen LogP contribution is 2.34. The van der Waals surface area contributed by atoms with Crippen LogP contribution in [0.2, 0.25) is 0 Å². The van der Waals surface area contributed by atoms with E-state index in [9.17, 15) is 14.7 Å². The third-order valence-electron chi connectivity index (χ3n) is 5.13. The first kappa shape index (κ1) is 22.4. The van der Waals surface area contributed by atoms with Crippen LogP contribution in [0, 0.1) is 0 Å². The Morgan fingerprint density at radius 2 is 1.73 bits per heavy atom. The van der Waals surface area contributed by atoms with Crippen molar-refractivity contribution in [3.63, 3.8) is 0 Å². The number of aromatic carboxylic acids is 1. The second-order valence-electron chi connectivity index (χ2n) is 8.89. The van der Waals surface area contributed by atoms with Crippen molar-refractivity contribution in [1.82, 2.24) is 9.88 Å². The van der Waals surface area contributed by atoms with E-state index in [-0.39, 0.29) is 17.4 Å². The molecule has 8 nitrogen and oxygen atoms in total. The van der Waals surface area contributed by atoms with E-state index in [1.54, 1.807) is 29.2 Å². The minimum atomic E-state index is -1.17. The molecule has 1 fully saturated rings. The molecule has 8 heteroatoms. The number of nitrogens with zero attached hydrogens (tertiary/aromatic N) is 2. The van der Waals surface area contributed by atoms with Crippen LogP contribution in [0.25, 0.3) is 11.3 Å². The summed E-state index contributed by atoms with van der Waals surface area (Å²) in [6.45, 7) is 6.29. The Morgan fingerprint density at radius 3 is 2.36 bits per heavy atom. The SMILES string of the molecule is CC(C)(C)OC(=O)N1CCC(c2nc(C(=O)O)c(-c3ccc(Oc4ccccc4)cc3)o2)C1. The van der Waals surface area contributed by atoms with Gasteiger partial charge in [-0.15, -0.1) is 0 Å². The van der Waals surface area contributed by atoms with Gasteiger partial charge in [-0.1, -0.05) is 18.2 Å². The van der Waals surface area contributed by atoms with E-state index in [1.807, 2.05) is 51.1 Å². The second-order valence-corrected chi connectivity index (χ2v) is 8.89. The first-order valence-corrected chi connectivity index (χ1v) is 10.7. The summed E-state index contributed by atoms with van der Waals surface area (Å²) in [5.41, 5.74) is -0.163. The molecular weight excluding hydrogens is 424 g/mol. The minimum Gasteiger partial charge on any atom is -0.476 e. The number of likely N-dealkylation sites (tertiary alicyclic amines) is 1. The van der Waals surface area contributed by atoms with Crippen LogP contribution in [0.4, 0.5) is 4.79 Å². The van der Waals surface area contributed by atoms with E-state index in [0.29, 0.717) is 42.5 Å². The number of para-hydroxylation sites is 1. The average Bonchev–Trinajstić information content (AvgIpc) is 3.42. The molecule has 1 N–H and O–H groups in total. The normalized spacial score (nSPS) is 16.0. The van der Waals surface area contributed by atoms with Gasteiger partial charge >= 0.3 is 12.1 Å². The number of carboxylic acids is 1. The first-order valence-electron chi connectivity index (χ1n) is 10.7. The van der Waals surface area contributed by atoms with E-state index in [1.165, 1.54) is 0 Å². The second kappa shape index (κ2) is 8.97. The van der Waals surface area contributed by atoms with Gasteiger partial charge in [-0.05, 0) is 63.6 Å². The molecule has 1 aliphatic heterocycles. The highest BCUT2D eigenvalue weighted by atomic mass is 16.6. The number of rotatable bonds is 5. The Balaban J connectivity index is 1.52. The first-order chi connectivity index (χ1) is 15.7. The number of amides is 1. The maximum atomic E-state index is 12.3. The van der Waals surface area contributed by atoms with Gasteiger partial charge in [0.05, 0.1) is 5.92 Å². The van der Waals surface area contributed by atoms with Gasteiger partial charge < -0.3 is 23.9 Å². The minimum absolute atomic E-state index is 0.155. The van der Waals surface area contributed by atoms with E-state index < -0.39 is 17.7 Å². The monoisotopic (exact) mass is 450 g/mol. The predicted molar refractivity (Wildman–Crippen MR) is 121 cm³/mol. The van der Waals surface area contributed by atoms with Gasteiger partial charge in [0.1, 0.15) is 17.1 Å². The molecule has 0 bridgehead atoms. The Kier molecular flexibility index (Phi) is 6.09. The summed E-state index contributed by atoms with van der Waals surface area (Å²) >= 11 is 0. The van der Waals surface area contributed by atoms with Gasteiger partial charge in [0.15, 0.2) is 11.5 Å². The fraction of sp³-hybridized carbons (Fsp3) is 0.320. The van der Waals surface area contributed by atoms with Crippen LogP contribution in [0.15, 0.2) is 59.0 Å². The summed E-state index contributed by atoms with van der Waals surface area (Å²) in [6, 6.07) is 16.3. The van der Waals surface area contributed by atoms with Gasteiger partial charge in [0, 0.05) is 18.7 Å². The molecule has 4 rings (SSSR count). The lowest BCUT2D eigenvalue weighted by atomic mass is 10.1. The summed E-state index contributed by atoms with van der Waals surface area (Å²) in [6.07, 6.45) is 0.214. The Labute approximate surface area is 191 Å². The number of oxazole rings is 1. The molecule has 1 atom stereocenters. The van der Waals surface area contributed by atoms with Crippen molar-refractivity contribution in [1.29, 1.82) is 0 Å². The molecule has 2 heterocycles. The number of benzene rings is 2. The Hall–Kier alpha value is -3.81. The van der Waals surface area contributed by atoms with Crippen molar-refractivity contribution < 1.29 is 28.6 Å². The van der Waals surface area contributed by atoms with Crippen molar-refractivity contribution in [2.75, 3.05) is 13.1 Å².